The minimum Gasteiger partial charge on any atom is -0.357 e. The molecule has 6 nitrogen and oxygen atoms in total. The van der Waals surface area contributed by atoms with Gasteiger partial charge in [0.05, 0.1) is 17.9 Å². The molecule has 1 aliphatic heterocycles. The molecule has 0 fully saturated rings. The van der Waals surface area contributed by atoms with E-state index < -0.39 is 10.0 Å². The molecule has 0 radical (unpaired) electrons. The summed E-state index contributed by atoms with van der Waals surface area (Å²) in [5.74, 6) is 0. The molecule has 0 amide bonds. The molecular weight excluding hydrogens is 312 g/mol. The van der Waals surface area contributed by atoms with Crippen molar-refractivity contribution < 1.29 is 8.42 Å². The van der Waals surface area contributed by atoms with E-state index >= 15 is 0 Å². The molecule has 0 saturated carbocycles. The van der Waals surface area contributed by atoms with E-state index in [2.05, 4.69) is 21.2 Å². The van der Waals surface area contributed by atoms with Crippen LogP contribution in [0.15, 0.2) is 29.2 Å². The minimum absolute atomic E-state index is 0.303. The minimum atomic E-state index is -3.54. The fraction of sp³-hybridized carbons (Fsp3) is 0.312. The number of sulfonamides is 1. The van der Waals surface area contributed by atoms with Gasteiger partial charge in [-0.15, -0.1) is 0 Å². The Morgan fingerprint density at radius 1 is 1.22 bits per heavy atom. The van der Waals surface area contributed by atoms with Crippen LogP contribution < -0.4 is 0 Å². The molecule has 0 saturated heterocycles. The van der Waals surface area contributed by atoms with E-state index in [4.69, 9.17) is 0 Å². The average molecular weight is 330 g/mol. The summed E-state index contributed by atoms with van der Waals surface area (Å²) < 4.78 is 27.5. The van der Waals surface area contributed by atoms with Crippen molar-refractivity contribution >= 4 is 20.9 Å². The van der Waals surface area contributed by atoms with Crippen LogP contribution in [0.5, 0.6) is 0 Å². The summed E-state index contributed by atoms with van der Waals surface area (Å²) >= 11 is 0. The second kappa shape index (κ2) is 4.94. The predicted octanol–water partition coefficient (Wildman–Crippen LogP) is 2.25. The van der Waals surface area contributed by atoms with Gasteiger partial charge in [0.1, 0.15) is 4.90 Å². The maximum Gasteiger partial charge on any atom is 0.247 e. The first kappa shape index (κ1) is 14.5. The number of nitrogens with one attached hydrogen (secondary N) is 2. The zero-order valence-corrected chi connectivity index (χ0v) is 13.9. The molecule has 3 aromatic rings. The van der Waals surface area contributed by atoms with Crippen molar-refractivity contribution in [1.82, 2.24) is 19.5 Å². The van der Waals surface area contributed by atoms with Crippen molar-refractivity contribution in [2.75, 3.05) is 6.54 Å². The van der Waals surface area contributed by atoms with Gasteiger partial charge in [-0.25, -0.2) is 8.42 Å². The summed E-state index contributed by atoms with van der Waals surface area (Å²) in [6.07, 6.45) is 0.717. The molecule has 0 unspecified atom stereocenters. The number of hydrogen-bond acceptors (Lipinski definition) is 3. The van der Waals surface area contributed by atoms with Gasteiger partial charge in [-0.3, -0.25) is 5.10 Å². The number of aromatic amines is 2. The molecule has 0 aliphatic carbocycles. The first-order valence-corrected chi connectivity index (χ1v) is 9.02. The first-order valence-electron chi connectivity index (χ1n) is 7.58. The largest absolute Gasteiger partial charge is 0.357 e. The van der Waals surface area contributed by atoms with Crippen LogP contribution in [-0.4, -0.2) is 34.4 Å². The maximum absolute atomic E-state index is 13.0. The molecule has 0 atom stereocenters. The van der Waals surface area contributed by atoms with Gasteiger partial charge >= 0.3 is 0 Å². The molecule has 7 heteroatoms. The highest BCUT2D eigenvalue weighted by Gasteiger charge is 2.33. The summed E-state index contributed by atoms with van der Waals surface area (Å²) in [6, 6.07) is 8.10. The number of benzene rings is 1. The number of fused-ring (bicyclic) bond motifs is 3. The van der Waals surface area contributed by atoms with Crippen molar-refractivity contribution in [3.63, 3.8) is 0 Å². The van der Waals surface area contributed by atoms with Gasteiger partial charge in [-0.05, 0) is 31.9 Å². The standard InChI is InChI=1S/C16H18N4O2S/c1-10-16(11(2)19-18-10)23(21,22)20-8-7-13-12-5-3-4-6-14(12)17-15(13)9-20/h3-6,17H,7-9H2,1-2H3,(H,18,19). The zero-order chi connectivity index (χ0) is 16.2. The zero-order valence-electron chi connectivity index (χ0n) is 13.0. The molecule has 0 bridgehead atoms. The molecule has 1 aromatic carbocycles. The van der Waals surface area contributed by atoms with Crippen LogP contribution in [0.1, 0.15) is 22.6 Å². The molecule has 2 N–H and O–H groups in total. The van der Waals surface area contributed by atoms with Crippen LogP contribution in [0.2, 0.25) is 0 Å². The maximum atomic E-state index is 13.0. The van der Waals surface area contributed by atoms with E-state index in [1.54, 1.807) is 13.8 Å². The quantitative estimate of drug-likeness (QED) is 0.756. The highest BCUT2D eigenvalue weighted by molar-refractivity contribution is 7.89. The van der Waals surface area contributed by atoms with Crippen LogP contribution in [0.4, 0.5) is 0 Å². The van der Waals surface area contributed by atoms with E-state index in [-0.39, 0.29) is 0 Å². The summed E-state index contributed by atoms with van der Waals surface area (Å²) in [7, 11) is -3.54. The summed E-state index contributed by atoms with van der Waals surface area (Å²) in [4.78, 5) is 3.67. The lowest BCUT2D eigenvalue weighted by Crippen LogP contribution is -2.36. The number of H-pyrrole nitrogens is 2. The number of nitrogens with zero attached hydrogens (tertiary/aromatic N) is 2. The molecule has 1 aliphatic rings. The molecule has 0 spiro atoms. The molecule has 2 aromatic heterocycles. The Labute approximate surface area is 134 Å². The third-order valence-electron chi connectivity index (χ3n) is 4.51. The molecular formula is C16H18N4O2S. The Kier molecular flexibility index (Phi) is 3.11. The van der Waals surface area contributed by atoms with E-state index in [1.165, 1.54) is 15.3 Å². The van der Waals surface area contributed by atoms with Crippen LogP contribution in [0.3, 0.4) is 0 Å². The monoisotopic (exact) mass is 330 g/mol. The third-order valence-corrected chi connectivity index (χ3v) is 6.62. The normalized spacial score (nSPS) is 15.9. The Morgan fingerprint density at radius 2 is 2.00 bits per heavy atom. The Morgan fingerprint density at radius 3 is 2.74 bits per heavy atom. The van der Waals surface area contributed by atoms with E-state index in [0.29, 0.717) is 35.8 Å². The number of aromatic nitrogens is 3. The lowest BCUT2D eigenvalue weighted by Gasteiger charge is -2.26. The first-order chi connectivity index (χ1) is 11.0. The fourth-order valence-electron chi connectivity index (χ4n) is 3.42. The Hall–Kier alpha value is -2.12. The smallest absolute Gasteiger partial charge is 0.247 e. The van der Waals surface area contributed by atoms with Crippen LogP contribution in [0, 0.1) is 13.8 Å². The number of para-hydroxylation sites is 1. The summed E-state index contributed by atoms with van der Waals surface area (Å²) in [5, 5.41) is 7.97. The van der Waals surface area contributed by atoms with Crippen molar-refractivity contribution in [3.8, 4) is 0 Å². The van der Waals surface area contributed by atoms with E-state index in [1.807, 2.05) is 18.2 Å². The van der Waals surface area contributed by atoms with Gasteiger partial charge in [0, 0.05) is 23.1 Å². The number of hydrogen-bond donors (Lipinski definition) is 2. The van der Waals surface area contributed by atoms with Gasteiger partial charge in [0.25, 0.3) is 0 Å². The van der Waals surface area contributed by atoms with Crippen molar-refractivity contribution in [3.05, 3.63) is 46.9 Å². The Balaban J connectivity index is 1.76. The molecule has 120 valence electrons. The van der Waals surface area contributed by atoms with E-state index in [9.17, 15) is 8.42 Å². The SMILES string of the molecule is Cc1n[nH]c(C)c1S(=O)(=O)N1CCc2c([nH]c3ccccc23)C1. The van der Waals surface area contributed by atoms with Gasteiger partial charge < -0.3 is 4.98 Å². The Bertz CT molecular complexity index is 981. The lowest BCUT2D eigenvalue weighted by molar-refractivity contribution is 0.388. The van der Waals surface area contributed by atoms with Crippen LogP contribution >= 0.6 is 0 Å². The molecule has 23 heavy (non-hydrogen) atoms. The van der Waals surface area contributed by atoms with E-state index in [0.717, 1.165) is 11.2 Å². The van der Waals surface area contributed by atoms with Gasteiger partial charge in [0.2, 0.25) is 10.0 Å². The summed E-state index contributed by atoms with van der Waals surface area (Å²) in [6.45, 7) is 4.32. The van der Waals surface area contributed by atoms with Crippen molar-refractivity contribution in [2.24, 2.45) is 0 Å². The van der Waals surface area contributed by atoms with Crippen molar-refractivity contribution in [2.45, 2.75) is 31.7 Å². The highest BCUT2D eigenvalue weighted by atomic mass is 32.2. The van der Waals surface area contributed by atoms with Crippen LogP contribution in [-0.2, 0) is 23.0 Å². The van der Waals surface area contributed by atoms with Gasteiger partial charge in [0.15, 0.2) is 0 Å². The fourth-order valence-corrected chi connectivity index (χ4v) is 5.16. The second-order valence-corrected chi connectivity index (χ2v) is 7.85. The average Bonchev–Trinajstić information content (AvgIpc) is 3.06. The molecule has 3 heterocycles. The van der Waals surface area contributed by atoms with Crippen LogP contribution in [0.25, 0.3) is 10.9 Å². The number of rotatable bonds is 2. The predicted molar refractivity (Wildman–Crippen MR) is 87.7 cm³/mol. The third kappa shape index (κ3) is 2.11. The highest BCUT2D eigenvalue weighted by Crippen LogP contribution is 2.31. The van der Waals surface area contributed by atoms with Gasteiger partial charge in [-0.1, -0.05) is 18.2 Å². The number of aryl methyl sites for hydroxylation is 2. The topological polar surface area (TPSA) is 81.8 Å². The van der Waals surface area contributed by atoms with Crippen molar-refractivity contribution in [1.29, 1.82) is 0 Å². The summed E-state index contributed by atoms with van der Waals surface area (Å²) in [5.41, 5.74) is 4.38. The second-order valence-electron chi connectivity index (χ2n) is 5.98. The molecule has 4 rings (SSSR count). The lowest BCUT2D eigenvalue weighted by atomic mass is 10.1. The van der Waals surface area contributed by atoms with Gasteiger partial charge in [-0.2, -0.15) is 9.40 Å².